The lowest BCUT2D eigenvalue weighted by molar-refractivity contribution is 0.0983. The Bertz CT molecular complexity index is 1250. The highest BCUT2D eigenvalue weighted by Gasteiger charge is 2.24. The van der Waals surface area contributed by atoms with E-state index in [2.05, 4.69) is 45.2 Å². The van der Waals surface area contributed by atoms with Crippen LogP contribution in [0.15, 0.2) is 12.7 Å². The fourth-order valence-electron chi connectivity index (χ4n) is 3.35. The van der Waals surface area contributed by atoms with Crippen molar-refractivity contribution in [1.82, 2.24) is 44.8 Å². The molecular formula is C18H21Cl2N11O2. The van der Waals surface area contributed by atoms with Gasteiger partial charge in [-0.25, -0.2) is 14.8 Å². The first kappa shape index (κ1) is 22.7. The number of anilines is 2. The molecule has 1 aliphatic rings. The summed E-state index contributed by atoms with van der Waals surface area (Å²) in [7, 11) is 0. The minimum atomic E-state index is -0.248. The largest absolute Gasteiger partial charge is 0.450 e. The number of hydrogen-bond donors (Lipinski definition) is 4. The van der Waals surface area contributed by atoms with E-state index in [0.29, 0.717) is 48.1 Å². The molecule has 0 atom stereocenters. The molecular weight excluding hydrogens is 473 g/mol. The van der Waals surface area contributed by atoms with Gasteiger partial charge in [-0.3, -0.25) is 0 Å². The van der Waals surface area contributed by atoms with Gasteiger partial charge in [0, 0.05) is 19.1 Å². The van der Waals surface area contributed by atoms with Gasteiger partial charge in [0.25, 0.3) is 0 Å². The summed E-state index contributed by atoms with van der Waals surface area (Å²) in [5, 5.41) is 3.63. The number of nitrogens with two attached hydrogens (primary N) is 1. The van der Waals surface area contributed by atoms with E-state index in [0.717, 1.165) is 18.4 Å². The molecule has 0 aliphatic carbocycles. The van der Waals surface area contributed by atoms with Crippen molar-refractivity contribution in [3.05, 3.63) is 23.2 Å². The van der Waals surface area contributed by atoms with Crippen molar-refractivity contribution in [3.8, 4) is 0 Å². The van der Waals surface area contributed by atoms with Crippen LogP contribution in [0.2, 0.25) is 10.6 Å². The Labute approximate surface area is 197 Å². The number of ether oxygens (including phenoxy) is 1. The van der Waals surface area contributed by atoms with Crippen LogP contribution in [0, 0.1) is 0 Å². The van der Waals surface area contributed by atoms with Crippen LogP contribution < -0.4 is 11.1 Å². The molecule has 0 spiro atoms. The number of fused-ring (bicyclic) bond motifs is 2. The summed E-state index contributed by atoms with van der Waals surface area (Å²) < 4.78 is 5.01. The summed E-state index contributed by atoms with van der Waals surface area (Å²) in [6.45, 7) is 3.51. The van der Waals surface area contributed by atoms with E-state index >= 15 is 0 Å². The fraction of sp³-hybridized carbons (Fsp3) is 0.389. The molecule has 0 radical (unpaired) electrons. The van der Waals surface area contributed by atoms with E-state index in [1.807, 2.05) is 0 Å². The number of carbonyl (C=O) groups excluding carboxylic acids is 1. The van der Waals surface area contributed by atoms with Gasteiger partial charge in [-0.15, -0.1) is 0 Å². The molecule has 5 N–H and O–H groups in total. The molecule has 1 aliphatic heterocycles. The third-order valence-electron chi connectivity index (χ3n) is 4.91. The summed E-state index contributed by atoms with van der Waals surface area (Å²) in [4.78, 5) is 43.0. The van der Waals surface area contributed by atoms with Crippen LogP contribution in [0.1, 0.15) is 19.8 Å². The van der Waals surface area contributed by atoms with Crippen molar-refractivity contribution in [3.63, 3.8) is 0 Å². The van der Waals surface area contributed by atoms with Gasteiger partial charge < -0.3 is 30.7 Å². The Balaban J connectivity index is 0.000000196. The first-order valence-electron chi connectivity index (χ1n) is 10.1. The van der Waals surface area contributed by atoms with Gasteiger partial charge in [-0.05, 0) is 43.0 Å². The fourth-order valence-corrected chi connectivity index (χ4v) is 3.69. The topological polar surface area (TPSA) is 177 Å². The number of carbonyl (C=O) groups is 1. The highest BCUT2D eigenvalue weighted by Crippen LogP contribution is 2.22. The van der Waals surface area contributed by atoms with Crippen LogP contribution in [0.25, 0.3) is 22.3 Å². The number of nitrogens with zero attached hydrogens (tertiary/aromatic N) is 7. The Kier molecular flexibility index (Phi) is 6.89. The zero-order chi connectivity index (χ0) is 23.4. The van der Waals surface area contributed by atoms with Crippen molar-refractivity contribution in [2.45, 2.75) is 25.8 Å². The molecule has 33 heavy (non-hydrogen) atoms. The Morgan fingerprint density at radius 3 is 2.36 bits per heavy atom. The molecule has 0 aromatic carbocycles. The van der Waals surface area contributed by atoms with E-state index in [1.165, 1.54) is 6.33 Å². The molecule has 4 aromatic rings. The minimum Gasteiger partial charge on any atom is -0.450 e. The number of H-pyrrole nitrogens is 2. The van der Waals surface area contributed by atoms with Gasteiger partial charge in [0.2, 0.25) is 10.6 Å². The van der Waals surface area contributed by atoms with Crippen molar-refractivity contribution < 1.29 is 9.53 Å². The van der Waals surface area contributed by atoms with Gasteiger partial charge in [0.05, 0.1) is 19.3 Å². The first-order valence-corrected chi connectivity index (χ1v) is 10.9. The highest BCUT2D eigenvalue weighted by atomic mass is 35.5. The molecule has 1 saturated heterocycles. The van der Waals surface area contributed by atoms with E-state index in [1.54, 1.807) is 18.2 Å². The number of piperidine rings is 1. The second kappa shape index (κ2) is 10.0. The maximum absolute atomic E-state index is 11.7. The van der Waals surface area contributed by atoms with Gasteiger partial charge >= 0.3 is 6.09 Å². The number of aromatic nitrogens is 8. The smallest absolute Gasteiger partial charge is 0.409 e. The minimum absolute atomic E-state index is 0.113. The summed E-state index contributed by atoms with van der Waals surface area (Å²) in [6, 6.07) is 0.211. The Morgan fingerprint density at radius 1 is 1.09 bits per heavy atom. The summed E-state index contributed by atoms with van der Waals surface area (Å²) in [5.74, 6) is 0.958. The summed E-state index contributed by atoms with van der Waals surface area (Å²) in [5.41, 5.74) is 7.87. The molecule has 0 unspecified atom stereocenters. The average Bonchev–Trinajstić information content (AvgIpc) is 3.44. The predicted molar refractivity (Wildman–Crippen MR) is 123 cm³/mol. The third-order valence-corrected chi connectivity index (χ3v) is 5.24. The number of amides is 1. The first-order chi connectivity index (χ1) is 15.9. The van der Waals surface area contributed by atoms with E-state index in [9.17, 15) is 4.79 Å². The molecule has 174 valence electrons. The number of hydrogen-bond acceptors (Lipinski definition) is 10. The number of halogens is 2. The zero-order valence-electron chi connectivity index (χ0n) is 17.5. The Hall–Kier alpha value is -3.45. The van der Waals surface area contributed by atoms with Crippen molar-refractivity contribution in [2.24, 2.45) is 0 Å². The van der Waals surface area contributed by atoms with Crippen molar-refractivity contribution in [1.29, 1.82) is 0 Å². The van der Waals surface area contributed by atoms with Crippen molar-refractivity contribution in [2.75, 3.05) is 30.7 Å². The number of nitrogen functional groups attached to an aromatic ring is 1. The third kappa shape index (κ3) is 5.31. The Morgan fingerprint density at radius 2 is 1.70 bits per heavy atom. The van der Waals surface area contributed by atoms with Crippen LogP contribution >= 0.6 is 23.2 Å². The predicted octanol–water partition coefficient (Wildman–Crippen LogP) is 2.63. The molecule has 5 rings (SSSR count). The molecule has 1 amide bonds. The standard InChI is InChI=1S/C13H17ClN6O2.C5H4ClN5/c1-2-22-13(21)20-5-3-8(4-6-20)17-11-9-10(16-7-15-9)18-12(14)19-11;6-5-10-3(7)2-4(11-5)9-1-8-2/h7-8H,2-6H2,1H3,(H2,15,16,17,18,19);1H,(H3,7,8,9,10,11). The van der Waals surface area contributed by atoms with Crippen LogP contribution in [0.3, 0.4) is 0 Å². The van der Waals surface area contributed by atoms with Gasteiger partial charge in [-0.2, -0.15) is 19.9 Å². The van der Waals surface area contributed by atoms with E-state index in [4.69, 9.17) is 33.7 Å². The lowest BCUT2D eigenvalue weighted by Crippen LogP contribution is -2.42. The lowest BCUT2D eigenvalue weighted by Gasteiger charge is -2.31. The SMILES string of the molecule is CCOC(=O)N1CCC(Nc2nc(Cl)nc3nc[nH]c23)CC1.Nc1nc(Cl)nc2nc[nH]c12. The molecule has 13 nitrogen and oxygen atoms in total. The van der Waals surface area contributed by atoms with Gasteiger partial charge in [0.1, 0.15) is 11.0 Å². The lowest BCUT2D eigenvalue weighted by atomic mass is 10.1. The number of nitrogens with one attached hydrogen (secondary N) is 3. The zero-order valence-corrected chi connectivity index (χ0v) is 19.1. The second-order valence-corrected chi connectivity index (χ2v) is 7.70. The molecule has 1 fully saturated rings. The molecule has 5 heterocycles. The summed E-state index contributed by atoms with van der Waals surface area (Å²) in [6.07, 6.45) is 4.43. The summed E-state index contributed by atoms with van der Waals surface area (Å²) >= 11 is 11.4. The second-order valence-electron chi connectivity index (χ2n) is 7.03. The average molecular weight is 494 g/mol. The van der Waals surface area contributed by atoms with Crippen molar-refractivity contribution >= 4 is 63.3 Å². The molecule has 4 aromatic heterocycles. The van der Waals surface area contributed by atoms with Gasteiger partial charge in [0.15, 0.2) is 22.9 Å². The van der Waals surface area contributed by atoms with Crippen LogP contribution in [0.4, 0.5) is 16.4 Å². The quantitative estimate of drug-likeness (QED) is 0.310. The normalized spacial score (nSPS) is 14.2. The van der Waals surface area contributed by atoms with Crippen LogP contribution in [0.5, 0.6) is 0 Å². The van der Waals surface area contributed by atoms with Crippen LogP contribution in [-0.4, -0.2) is 76.6 Å². The number of aromatic amines is 2. The number of imidazole rings is 2. The maximum atomic E-state index is 11.7. The number of likely N-dealkylation sites (tertiary alicyclic amines) is 1. The monoisotopic (exact) mass is 493 g/mol. The van der Waals surface area contributed by atoms with E-state index in [-0.39, 0.29) is 22.7 Å². The van der Waals surface area contributed by atoms with E-state index < -0.39 is 0 Å². The number of rotatable bonds is 3. The molecule has 0 bridgehead atoms. The molecule has 0 saturated carbocycles. The maximum Gasteiger partial charge on any atom is 0.409 e. The van der Waals surface area contributed by atoms with Gasteiger partial charge in [-0.1, -0.05) is 0 Å². The van der Waals surface area contributed by atoms with Crippen LogP contribution in [-0.2, 0) is 4.74 Å². The molecule has 15 heteroatoms. The highest BCUT2D eigenvalue weighted by molar-refractivity contribution is 6.29.